The molecule has 5 aromatic rings. The molecule has 0 unspecified atom stereocenters. The summed E-state index contributed by atoms with van der Waals surface area (Å²) in [4.78, 5) is 17.6. The molecule has 2 heterocycles. The minimum Gasteiger partial charge on any atom is -0.512 e. The van der Waals surface area contributed by atoms with Gasteiger partial charge in [-0.05, 0) is 70.0 Å². The maximum atomic E-state index is 12.3. The first-order valence-electron chi connectivity index (χ1n) is 21.0. The van der Waals surface area contributed by atoms with E-state index >= 15 is 0 Å². The van der Waals surface area contributed by atoms with Crippen molar-refractivity contribution in [3.8, 4) is 11.3 Å². The number of benzene rings is 3. The molecule has 5 rings (SSSR count). The number of ketones is 1. The predicted molar refractivity (Wildman–Crippen MR) is 255 cm³/mol. The summed E-state index contributed by atoms with van der Waals surface area (Å²) >= 11 is 1.93. The third-order valence-corrected chi connectivity index (χ3v) is 16.2. The molecule has 0 aliphatic heterocycles. The van der Waals surface area contributed by atoms with E-state index in [1.54, 1.807) is 0 Å². The van der Waals surface area contributed by atoms with Crippen molar-refractivity contribution in [1.29, 1.82) is 0 Å². The summed E-state index contributed by atoms with van der Waals surface area (Å²) in [5.74, 6) is 1.63. The Morgan fingerprint density at radius 3 is 1.84 bits per heavy atom. The van der Waals surface area contributed by atoms with Gasteiger partial charge in [0.15, 0.2) is 5.78 Å². The van der Waals surface area contributed by atoms with Crippen LogP contribution >= 0.6 is 11.3 Å². The molecule has 0 saturated carbocycles. The van der Waals surface area contributed by atoms with E-state index in [4.69, 9.17) is 4.98 Å². The van der Waals surface area contributed by atoms with Crippen LogP contribution in [0, 0.1) is 53.9 Å². The molecular formula is C50H72IrNO2SSi2-. The van der Waals surface area contributed by atoms with Crippen molar-refractivity contribution in [2.45, 2.75) is 129 Å². The first kappa shape index (κ1) is 48.9. The zero-order valence-corrected chi connectivity index (χ0v) is 43.6. The van der Waals surface area contributed by atoms with Crippen LogP contribution in [0.5, 0.6) is 0 Å². The molecular weight excluding hydrogens is 927 g/mol. The summed E-state index contributed by atoms with van der Waals surface area (Å²) in [5, 5.41) is 18.6. The van der Waals surface area contributed by atoms with E-state index in [9.17, 15) is 9.90 Å². The van der Waals surface area contributed by atoms with Crippen LogP contribution in [-0.2, 0) is 31.3 Å². The number of aliphatic hydroxyl groups excluding tert-OH is 1. The Hall–Kier alpha value is -2.42. The van der Waals surface area contributed by atoms with E-state index < -0.39 is 16.1 Å². The van der Waals surface area contributed by atoms with Gasteiger partial charge in [-0.3, -0.25) is 9.78 Å². The number of pyridine rings is 1. The molecule has 57 heavy (non-hydrogen) atoms. The number of fused-ring (bicyclic) bond motifs is 4. The van der Waals surface area contributed by atoms with E-state index in [1.807, 2.05) is 11.3 Å². The van der Waals surface area contributed by atoms with Gasteiger partial charge in [0, 0.05) is 59.3 Å². The maximum absolute atomic E-state index is 12.3. The van der Waals surface area contributed by atoms with E-state index in [2.05, 4.69) is 177 Å². The van der Waals surface area contributed by atoms with Crippen LogP contribution in [-0.4, -0.2) is 32.0 Å². The van der Waals surface area contributed by atoms with Gasteiger partial charge in [0.05, 0.1) is 21.9 Å². The van der Waals surface area contributed by atoms with Gasteiger partial charge in [-0.25, -0.2) is 0 Å². The molecule has 313 valence electrons. The third kappa shape index (κ3) is 11.9. The number of hydrogen-bond acceptors (Lipinski definition) is 4. The van der Waals surface area contributed by atoms with Gasteiger partial charge in [-0.15, -0.1) is 40.1 Å². The van der Waals surface area contributed by atoms with Gasteiger partial charge in [-0.1, -0.05) is 156 Å². The number of aromatic nitrogens is 1. The van der Waals surface area contributed by atoms with Crippen LogP contribution in [0.1, 0.15) is 87.3 Å². The fraction of sp³-hybridized carbons (Fsp3) is 0.520. The number of aliphatic hydroxyl groups is 1. The second kappa shape index (κ2) is 18.9. The first-order chi connectivity index (χ1) is 25.7. The average Bonchev–Trinajstić information content (AvgIpc) is 3.40. The summed E-state index contributed by atoms with van der Waals surface area (Å²) in [5.41, 5.74) is 5.21. The number of carbonyl (C=O) groups excluding carboxylic acids is 1. The van der Waals surface area contributed by atoms with Crippen molar-refractivity contribution in [1.82, 2.24) is 4.98 Å². The molecule has 0 saturated heterocycles. The summed E-state index contributed by atoms with van der Waals surface area (Å²) < 4.78 is 2.71. The zero-order chi connectivity index (χ0) is 42.2. The van der Waals surface area contributed by atoms with Gasteiger partial charge in [0.1, 0.15) is 0 Å². The summed E-state index contributed by atoms with van der Waals surface area (Å²) in [6, 6.07) is 20.2. The van der Waals surface area contributed by atoms with Crippen LogP contribution in [0.25, 0.3) is 42.2 Å². The molecule has 3 nitrogen and oxygen atoms in total. The fourth-order valence-corrected chi connectivity index (χ4v) is 13.1. The number of rotatable bonds is 11. The van der Waals surface area contributed by atoms with Crippen LogP contribution in [0.15, 0.2) is 60.5 Å². The molecule has 0 spiro atoms. The average molecular weight is 1000 g/mol. The molecule has 0 aliphatic rings. The summed E-state index contributed by atoms with van der Waals surface area (Å²) in [6.45, 7) is 40.4. The molecule has 1 radical (unpaired) electrons. The minimum absolute atomic E-state index is 0. The standard InChI is InChI=1S/C33H40NSSi2.C17H32O2.Ir/c1-21-11-13-25-23(15-21)17-24(18-28(25)36(5,6)7)31-32-30(29(20-34-31)37(8,9)10)26-14-12-22(16-27(26)35-32)19-33(2,3)4;1-10(2)16(11(3)4)14(18)9-15(19)17(12(5)6)13(7)8;/h11-16,18,20H,19H2,1-10H3;9-13,16-18H,1-8H3;/q-1;;/b;14-9-;. The molecule has 2 aromatic heterocycles. The van der Waals surface area contributed by atoms with Crippen LogP contribution in [0.2, 0.25) is 39.3 Å². The molecule has 0 bridgehead atoms. The Morgan fingerprint density at radius 1 is 0.789 bits per heavy atom. The van der Waals surface area contributed by atoms with Gasteiger partial charge < -0.3 is 5.11 Å². The van der Waals surface area contributed by atoms with Crippen molar-refractivity contribution in [2.24, 2.45) is 40.9 Å². The van der Waals surface area contributed by atoms with Gasteiger partial charge in [0.2, 0.25) is 0 Å². The minimum atomic E-state index is -1.61. The number of aryl methyl sites for hydroxylation is 1. The third-order valence-electron chi connectivity index (χ3n) is 11.0. The first-order valence-corrected chi connectivity index (χ1v) is 28.8. The SMILES string of the molecule is CC(C)C(C(=O)/C=C(\O)C(C(C)C)C(C)C)C(C)C.Cc1ccc2c([Si](C)(C)C)cc(-c3ncc([Si](C)(C)C)c4c3sc3cc(CC(C)(C)C)ccc34)[c-]c2c1.[Ir]. The van der Waals surface area contributed by atoms with Crippen molar-refractivity contribution in [3.05, 3.63) is 77.7 Å². The second-order valence-electron chi connectivity index (χ2n) is 21.0. The van der Waals surface area contributed by atoms with E-state index in [0.717, 1.165) is 17.7 Å². The number of thiophene rings is 1. The molecule has 0 aliphatic carbocycles. The van der Waals surface area contributed by atoms with Crippen molar-refractivity contribution < 1.29 is 30.0 Å². The topological polar surface area (TPSA) is 50.2 Å². The van der Waals surface area contributed by atoms with Crippen molar-refractivity contribution in [3.63, 3.8) is 0 Å². The Morgan fingerprint density at radius 2 is 1.33 bits per heavy atom. The normalized spacial score (nSPS) is 13.2. The van der Waals surface area contributed by atoms with E-state index in [-0.39, 0.29) is 48.9 Å². The predicted octanol–water partition coefficient (Wildman–Crippen LogP) is 13.9. The summed E-state index contributed by atoms with van der Waals surface area (Å²) in [6.07, 6.45) is 4.76. The zero-order valence-electron chi connectivity index (χ0n) is 38.4. The Labute approximate surface area is 365 Å². The molecule has 3 aromatic carbocycles. The van der Waals surface area contributed by atoms with Gasteiger partial charge in [-0.2, -0.15) is 0 Å². The molecule has 0 atom stereocenters. The molecule has 0 fully saturated rings. The van der Waals surface area contributed by atoms with Gasteiger partial charge in [0.25, 0.3) is 0 Å². The maximum Gasteiger partial charge on any atom is 0.162 e. The molecule has 1 N–H and O–H groups in total. The Balaban J connectivity index is 0.000000372. The molecule has 0 amide bonds. The number of nitrogens with zero attached hydrogens (tertiary/aromatic N) is 1. The Kier molecular flexibility index (Phi) is 16.2. The molecule has 7 heteroatoms. The second-order valence-corrected chi connectivity index (χ2v) is 32.2. The number of carbonyl (C=O) groups is 1. The van der Waals surface area contributed by atoms with Gasteiger partial charge >= 0.3 is 0 Å². The summed E-state index contributed by atoms with van der Waals surface area (Å²) in [7, 11) is -3.19. The van der Waals surface area contributed by atoms with E-state index in [1.165, 1.54) is 58.5 Å². The van der Waals surface area contributed by atoms with E-state index in [0.29, 0.717) is 23.7 Å². The number of allylic oxidation sites excluding steroid dienone is 2. The van der Waals surface area contributed by atoms with Crippen molar-refractivity contribution in [2.75, 3.05) is 0 Å². The van der Waals surface area contributed by atoms with Crippen LogP contribution in [0.3, 0.4) is 0 Å². The quantitative estimate of drug-likeness (QED) is 0.0621. The Bertz CT molecular complexity index is 2190. The number of hydrogen-bond donors (Lipinski definition) is 1. The monoisotopic (exact) mass is 999 g/mol. The fourth-order valence-electron chi connectivity index (χ4n) is 8.68. The van der Waals surface area contributed by atoms with Crippen molar-refractivity contribution >= 4 is 74.6 Å². The smallest absolute Gasteiger partial charge is 0.162 e. The largest absolute Gasteiger partial charge is 0.512 e. The van der Waals surface area contributed by atoms with Crippen LogP contribution in [0.4, 0.5) is 0 Å². The van der Waals surface area contributed by atoms with Crippen LogP contribution < -0.4 is 10.4 Å².